The Hall–Kier alpha value is -1.55. The topological polar surface area (TPSA) is 49.4 Å². The fourth-order valence-corrected chi connectivity index (χ4v) is 2.37. The Morgan fingerprint density at radius 3 is 2.63 bits per heavy atom. The first-order valence-electron chi connectivity index (χ1n) is 6.43. The van der Waals surface area contributed by atoms with E-state index in [4.69, 9.17) is 11.6 Å². The molecule has 1 aliphatic rings. The summed E-state index contributed by atoms with van der Waals surface area (Å²) in [5, 5.41) is 3.22. The Balaban J connectivity index is 1.96. The normalized spacial score (nSPS) is 16.2. The number of likely N-dealkylation sites (tertiary alicyclic amines) is 1. The minimum atomic E-state index is -0.510. The minimum Gasteiger partial charge on any atom is -0.341 e. The van der Waals surface area contributed by atoms with Crippen LogP contribution in [0.25, 0.3) is 0 Å². The van der Waals surface area contributed by atoms with E-state index in [1.165, 1.54) is 0 Å². The van der Waals surface area contributed by atoms with E-state index in [0.29, 0.717) is 10.6 Å². The average molecular weight is 281 g/mol. The van der Waals surface area contributed by atoms with Gasteiger partial charge >= 0.3 is 0 Å². The Labute approximate surface area is 117 Å². The van der Waals surface area contributed by atoms with Crippen LogP contribution in [-0.2, 0) is 4.79 Å². The van der Waals surface area contributed by atoms with Crippen LogP contribution in [-0.4, -0.2) is 35.8 Å². The van der Waals surface area contributed by atoms with Gasteiger partial charge in [0.2, 0.25) is 5.91 Å². The van der Waals surface area contributed by atoms with Crippen molar-refractivity contribution in [3.63, 3.8) is 0 Å². The molecule has 2 amide bonds. The number of amides is 2. The molecule has 2 rings (SSSR count). The standard InChI is InChI=1S/C14H17ClN2O2/c1-10(14(19)17-7-2-3-8-17)16-13(18)11-5-4-6-12(15)9-11/h4-6,9-10H,2-3,7-8H2,1H3,(H,16,18)/t10-/m1/s1. The van der Waals surface area contributed by atoms with Gasteiger partial charge in [-0.1, -0.05) is 17.7 Å². The molecule has 0 unspecified atom stereocenters. The Kier molecular flexibility index (Phi) is 4.43. The molecule has 19 heavy (non-hydrogen) atoms. The lowest BCUT2D eigenvalue weighted by Crippen LogP contribution is -2.45. The Morgan fingerprint density at radius 1 is 1.32 bits per heavy atom. The average Bonchev–Trinajstić information content (AvgIpc) is 2.91. The predicted octanol–water partition coefficient (Wildman–Crippen LogP) is 2.08. The summed E-state index contributed by atoms with van der Waals surface area (Å²) in [6.45, 7) is 3.29. The lowest BCUT2D eigenvalue weighted by atomic mass is 10.2. The van der Waals surface area contributed by atoms with Gasteiger partial charge < -0.3 is 10.2 Å². The van der Waals surface area contributed by atoms with Crippen LogP contribution in [0, 0.1) is 0 Å². The maximum absolute atomic E-state index is 12.1. The molecule has 0 bridgehead atoms. The molecule has 1 aliphatic heterocycles. The molecule has 1 saturated heterocycles. The second-order valence-electron chi connectivity index (χ2n) is 4.74. The van der Waals surface area contributed by atoms with Crippen molar-refractivity contribution in [1.29, 1.82) is 0 Å². The zero-order valence-electron chi connectivity index (χ0n) is 10.9. The van der Waals surface area contributed by atoms with Gasteiger partial charge in [0.15, 0.2) is 0 Å². The molecular weight excluding hydrogens is 264 g/mol. The highest BCUT2D eigenvalue weighted by Crippen LogP contribution is 2.12. The Morgan fingerprint density at radius 2 is 2.00 bits per heavy atom. The third-order valence-corrected chi connectivity index (χ3v) is 3.46. The summed E-state index contributed by atoms with van der Waals surface area (Å²) in [4.78, 5) is 25.8. The number of rotatable bonds is 3. The van der Waals surface area contributed by atoms with E-state index in [-0.39, 0.29) is 11.8 Å². The largest absolute Gasteiger partial charge is 0.341 e. The summed E-state index contributed by atoms with van der Waals surface area (Å²) in [5.74, 6) is -0.296. The maximum atomic E-state index is 12.1. The van der Waals surface area contributed by atoms with E-state index < -0.39 is 6.04 Å². The van der Waals surface area contributed by atoms with Crippen LogP contribution < -0.4 is 5.32 Å². The van der Waals surface area contributed by atoms with Gasteiger partial charge in [0.1, 0.15) is 6.04 Å². The molecule has 0 spiro atoms. The van der Waals surface area contributed by atoms with E-state index in [1.807, 2.05) is 0 Å². The zero-order valence-corrected chi connectivity index (χ0v) is 11.6. The third-order valence-electron chi connectivity index (χ3n) is 3.22. The van der Waals surface area contributed by atoms with Crippen LogP contribution in [0.3, 0.4) is 0 Å². The van der Waals surface area contributed by atoms with Crippen LogP contribution in [0.4, 0.5) is 0 Å². The van der Waals surface area contributed by atoms with Crippen LogP contribution in [0.5, 0.6) is 0 Å². The fraction of sp³-hybridized carbons (Fsp3) is 0.429. The highest BCUT2D eigenvalue weighted by Gasteiger charge is 2.24. The highest BCUT2D eigenvalue weighted by molar-refractivity contribution is 6.31. The molecule has 1 heterocycles. The maximum Gasteiger partial charge on any atom is 0.251 e. The lowest BCUT2D eigenvalue weighted by Gasteiger charge is -2.21. The minimum absolute atomic E-state index is 0.0205. The monoisotopic (exact) mass is 280 g/mol. The van der Waals surface area contributed by atoms with Crippen molar-refractivity contribution in [3.05, 3.63) is 34.9 Å². The molecule has 1 N–H and O–H groups in total. The number of carbonyl (C=O) groups is 2. The molecule has 1 aromatic rings. The predicted molar refractivity (Wildman–Crippen MR) is 74.2 cm³/mol. The summed E-state index contributed by atoms with van der Waals surface area (Å²) >= 11 is 5.84. The van der Waals surface area contributed by atoms with Gasteiger partial charge in [-0.25, -0.2) is 0 Å². The molecule has 1 atom stereocenters. The van der Waals surface area contributed by atoms with E-state index in [9.17, 15) is 9.59 Å². The number of nitrogens with one attached hydrogen (secondary N) is 1. The number of halogens is 1. The van der Waals surface area contributed by atoms with Gasteiger partial charge in [-0.3, -0.25) is 9.59 Å². The molecule has 1 aromatic carbocycles. The van der Waals surface area contributed by atoms with Crippen molar-refractivity contribution in [2.75, 3.05) is 13.1 Å². The fourth-order valence-electron chi connectivity index (χ4n) is 2.18. The lowest BCUT2D eigenvalue weighted by molar-refractivity contribution is -0.131. The molecule has 5 heteroatoms. The number of hydrogen-bond acceptors (Lipinski definition) is 2. The van der Waals surface area contributed by atoms with Gasteiger partial charge in [-0.2, -0.15) is 0 Å². The van der Waals surface area contributed by atoms with E-state index in [1.54, 1.807) is 36.1 Å². The Bertz CT molecular complexity index is 484. The van der Waals surface area contributed by atoms with Gasteiger partial charge in [0.05, 0.1) is 0 Å². The van der Waals surface area contributed by atoms with E-state index in [2.05, 4.69) is 5.32 Å². The second-order valence-corrected chi connectivity index (χ2v) is 5.17. The van der Waals surface area contributed by atoms with Crippen LogP contribution in [0.15, 0.2) is 24.3 Å². The molecular formula is C14H17ClN2O2. The quantitative estimate of drug-likeness (QED) is 0.922. The number of nitrogens with zero attached hydrogens (tertiary/aromatic N) is 1. The molecule has 0 saturated carbocycles. The SMILES string of the molecule is C[C@@H](NC(=O)c1cccc(Cl)c1)C(=O)N1CCCC1. The zero-order chi connectivity index (χ0) is 13.8. The second kappa shape index (κ2) is 6.06. The number of benzene rings is 1. The van der Waals surface area contributed by atoms with Crippen molar-refractivity contribution in [2.45, 2.75) is 25.8 Å². The van der Waals surface area contributed by atoms with Crippen molar-refractivity contribution in [3.8, 4) is 0 Å². The first kappa shape index (κ1) is 13.9. The van der Waals surface area contributed by atoms with Gasteiger partial charge in [-0.05, 0) is 38.0 Å². The summed E-state index contributed by atoms with van der Waals surface area (Å²) in [7, 11) is 0. The highest BCUT2D eigenvalue weighted by atomic mass is 35.5. The van der Waals surface area contributed by atoms with Crippen LogP contribution >= 0.6 is 11.6 Å². The molecule has 0 aliphatic carbocycles. The summed E-state index contributed by atoms with van der Waals surface area (Å²) in [5.41, 5.74) is 0.466. The third kappa shape index (κ3) is 3.47. The van der Waals surface area contributed by atoms with E-state index in [0.717, 1.165) is 25.9 Å². The van der Waals surface area contributed by atoms with Gasteiger partial charge in [-0.15, -0.1) is 0 Å². The van der Waals surface area contributed by atoms with Crippen molar-refractivity contribution >= 4 is 23.4 Å². The first-order valence-corrected chi connectivity index (χ1v) is 6.81. The molecule has 102 valence electrons. The molecule has 0 aromatic heterocycles. The molecule has 4 nitrogen and oxygen atoms in total. The van der Waals surface area contributed by atoms with Gasteiger partial charge in [0.25, 0.3) is 5.91 Å². The van der Waals surface area contributed by atoms with Gasteiger partial charge in [0, 0.05) is 23.7 Å². The smallest absolute Gasteiger partial charge is 0.251 e. The molecule has 0 radical (unpaired) electrons. The number of carbonyl (C=O) groups excluding carboxylic acids is 2. The number of hydrogen-bond donors (Lipinski definition) is 1. The molecule has 1 fully saturated rings. The summed E-state index contributed by atoms with van der Waals surface area (Å²) in [6, 6.07) is 6.17. The van der Waals surface area contributed by atoms with Crippen LogP contribution in [0.2, 0.25) is 5.02 Å². The summed E-state index contributed by atoms with van der Waals surface area (Å²) in [6.07, 6.45) is 2.08. The van der Waals surface area contributed by atoms with E-state index >= 15 is 0 Å². The first-order chi connectivity index (χ1) is 9.08. The van der Waals surface area contributed by atoms with Crippen molar-refractivity contribution in [1.82, 2.24) is 10.2 Å². The van der Waals surface area contributed by atoms with Crippen LogP contribution in [0.1, 0.15) is 30.1 Å². The van der Waals surface area contributed by atoms with Crippen molar-refractivity contribution < 1.29 is 9.59 Å². The summed E-state index contributed by atoms with van der Waals surface area (Å²) < 4.78 is 0. The van der Waals surface area contributed by atoms with Crippen molar-refractivity contribution in [2.24, 2.45) is 0 Å².